The predicted octanol–water partition coefficient (Wildman–Crippen LogP) is 0.888. The molecule has 2 heterocycles. The summed E-state index contributed by atoms with van der Waals surface area (Å²) in [7, 11) is -3.33. The maximum absolute atomic E-state index is 11.0. The molecule has 0 aromatic carbocycles. The van der Waals surface area contributed by atoms with Crippen molar-refractivity contribution in [2.24, 2.45) is 0 Å². The first-order valence-corrected chi connectivity index (χ1v) is 7.32. The monoisotopic (exact) mass is 269 g/mol. The molecule has 18 heavy (non-hydrogen) atoms. The Balaban J connectivity index is 2.41. The van der Waals surface area contributed by atoms with Crippen LogP contribution >= 0.6 is 0 Å². The summed E-state index contributed by atoms with van der Waals surface area (Å²) in [6.45, 7) is 4.09. The minimum Gasteiger partial charge on any atom is -0.330 e. The summed E-state index contributed by atoms with van der Waals surface area (Å²) >= 11 is 0. The molecule has 8 heteroatoms. The van der Waals surface area contributed by atoms with Gasteiger partial charge in [-0.15, -0.1) is 4.83 Å². The molecule has 0 saturated heterocycles. The van der Waals surface area contributed by atoms with Gasteiger partial charge in [0.1, 0.15) is 12.0 Å². The third-order valence-electron chi connectivity index (χ3n) is 2.42. The molecular weight excluding hydrogens is 254 g/mol. The molecule has 0 fully saturated rings. The van der Waals surface area contributed by atoms with Gasteiger partial charge in [-0.3, -0.25) is 5.43 Å². The van der Waals surface area contributed by atoms with Crippen molar-refractivity contribution < 1.29 is 8.42 Å². The summed E-state index contributed by atoms with van der Waals surface area (Å²) in [6, 6.07) is 2.12. The Morgan fingerprint density at radius 2 is 2.06 bits per heavy atom. The molecule has 2 rings (SSSR count). The van der Waals surface area contributed by atoms with E-state index in [2.05, 4.69) is 20.2 Å². The minimum absolute atomic E-state index is 0.271. The number of sulfonamides is 1. The largest absolute Gasteiger partial charge is 0.330 e. The molecule has 2 aromatic rings. The molecule has 98 valence electrons. The highest BCUT2D eigenvalue weighted by molar-refractivity contribution is 7.88. The third kappa shape index (κ3) is 2.59. The van der Waals surface area contributed by atoms with Crippen LogP contribution in [0, 0.1) is 0 Å². The molecule has 0 bridgehead atoms. The molecule has 0 aliphatic heterocycles. The number of hydrogen-bond donors (Lipinski definition) is 2. The molecule has 0 atom stereocenters. The van der Waals surface area contributed by atoms with Crippen molar-refractivity contribution in [3.63, 3.8) is 0 Å². The number of nitrogens with one attached hydrogen (secondary N) is 2. The highest BCUT2D eigenvalue weighted by Gasteiger charge is 2.10. The summed E-state index contributed by atoms with van der Waals surface area (Å²) in [5.74, 6) is 0.435. The summed E-state index contributed by atoms with van der Waals surface area (Å²) < 4.78 is 24.1. The fourth-order valence-corrected chi connectivity index (χ4v) is 1.91. The van der Waals surface area contributed by atoms with Crippen molar-refractivity contribution in [3.8, 4) is 0 Å². The molecule has 0 amide bonds. The summed E-state index contributed by atoms with van der Waals surface area (Å²) in [5.41, 5.74) is 3.34. The molecule has 0 spiro atoms. The highest BCUT2D eigenvalue weighted by atomic mass is 32.2. The van der Waals surface area contributed by atoms with Gasteiger partial charge in [0, 0.05) is 12.2 Å². The van der Waals surface area contributed by atoms with E-state index in [0.717, 1.165) is 17.3 Å². The Morgan fingerprint density at radius 1 is 1.33 bits per heavy atom. The Hall–Kier alpha value is -1.67. The van der Waals surface area contributed by atoms with Crippen LogP contribution in [0.15, 0.2) is 18.6 Å². The maximum Gasteiger partial charge on any atom is 0.225 e. The van der Waals surface area contributed by atoms with Crippen molar-refractivity contribution in [2.45, 2.75) is 19.9 Å². The summed E-state index contributed by atoms with van der Waals surface area (Å²) in [4.78, 5) is 10.4. The number of rotatable bonds is 4. The maximum atomic E-state index is 11.0. The van der Waals surface area contributed by atoms with Crippen molar-refractivity contribution >= 4 is 26.9 Å². The lowest BCUT2D eigenvalue weighted by atomic mass is 10.3. The molecule has 0 unspecified atom stereocenters. The van der Waals surface area contributed by atoms with Gasteiger partial charge >= 0.3 is 0 Å². The van der Waals surface area contributed by atoms with Crippen LogP contribution in [-0.4, -0.2) is 29.2 Å². The van der Waals surface area contributed by atoms with Gasteiger partial charge in [0.25, 0.3) is 0 Å². The van der Waals surface area contributed by atoms with Crippen LogP contribution in [0.5, 0.6) is 0 Å². The van der Waals surface area contributed by atoms with Crippen LogP contribution in [0.1, 0.15) is 19.9 Å². The number of anilines is 1. The quantitative estimate of drug-likeness (QED) is 0.805. The Kier molecular flexibility index (Phi) is 3.22. The topological polar surface area (TPSA) is 88.9 Å². The number of hydrazine groups is 1. The van der Waals surface area contributed by atoms with E-state index in [0.29, 0.717) is 5.82 Å². The Labute approximate surface area is 105 Å². The fraction of sp³-hybridized carbons (Fsp3) is 0.400. The Bertz CT molecular complexity index is 662. The summed E-state index contributed by atoms with van der Waals surface area (Å²) in [6.07, 6.45) is 4.36. The van der Waals surface area contributed by atoms with Crippen molar-refractivity contribution in [2.75, 3.05) is 11.7 Å². The lowest BCUT2D eigenvalue weighted by Gasteiger charge is -2.09. The number of fused-ring (bicyclic) bond motifs is 1. The average molecular weight is 269 g/mol. The molecule has 2 aromatic heterocycles. The zero-order valence-electron chi connectivity index (χ0n) is 10.4. The average Bonchev–Trinajstić information content (AvgIpc) is 2.69. The van der Waals surface area contributed by atoms with Gasteiger partial charge in [-0.2, -0.15) is 0 Å². The first-order chi connectivity index (χ1) is 8.38. The van der Waals surface area contributed by atoms with Gasteiger partial charge in [0.05, 0.1) is 11.6 Å². The second-order valence-corrected chi connectivity index (χ2v) is 6.02. The standard InChI is InChI=1S/C10H15N5O2S/c1-7(2)15-5-4-8-9(11-6-12-10(8)15)13-14-18(3,16)17/h4-7,14H,1-3H3,(H,11,12,13). The third-order valence-corrected chi connectivity index (χ3v) is 2.89. The van der Waals surface area contributed by atoms with Crippen molar-refractivity contribution in [1.29, 1.82) is 0 Å². The predicted molar refractivity (Wildman–Crippen MR) is 69.5 cm³/mol. The van der Waals surface area contributed by atoms with Crippen molar-refractivity contribution in [1.82, 2.24) is 19.4 Å². The normalized spacial score (nSPS) is 12.2. The van der Waals surface area contributed by atoms with Crippen LogP contribution in [0.25, 0.3) is 11.0 Å². The van der Waals surface area contributed by atoms with E-state index in [-0.39, 0.29) is 6.04 Å². The second-order valence-electron chi connectivity index (χ2n) is 4.28. The first kappa shape index (κ1) is 12.8. The van der Waals surface area contributed by atoms with Gasteiger partial charge < -0.3 is 4.57 Å². The molecule has 7 nitrogen and oxygen atoms in total. The SMILES string of the molecule is CC(C)n1ccc2c(NNS(C)(=O)=O)ncnc21. The minimum atomic E-state index is -3.33. The van der Waals surface area contributed by atoms with E-state index in [1.807, 2.05) is 30.7 Å². The van der Waals surface area contributed by atoms with E-state index in [4.69, 9.17) is 0 Å². The fourth-order valence-electron chi connectivity index (χ4n) is 1.63. The number of aromatic nitrogens is 3. The molecule has 0 aliphatic rings. The van der Waals surface area contributed by atoms with Crippen molar-refractivity contribution in [3.05, 3.63) is 18.6 Å². The van der Waals surface area contributed by atoms with Crippen LogP contribution in [0.4, 0.5) is 5.82 Å². The van der Waals surface area contributed by atoms with E-state index in [1.165, 1.54) is 6.33 Å². The Morgan fingerprint density at radius 3 is 2.67 bits per heavy atom. The van der Waals surface area contributed by atoms with Crippen LogP contribution in [0.2, 0.25) is 0 Å². The molecular formula is C10H15N5O2S. The number of nitrogens with zero attached hydrogens (tertiary/aromatic N) is 3. The smallest absolute Gasteiger partial charge is 0.225 e. The van der Waals surface area contributed by atoms with Crippen LogP contribution < -0.4 is 10.3 Å². The molecule has 0 aliphatic carbocycles. The summed E-state index contributed by atoms with van der Waals surface area (Å²) in [5, 5.41) is 0.766. The van der Waals surface area contributed by atoms with Gasteiger partial charge in [-0.1, -0.05) is 0 Å². The van der Waals surface area contributed by atoms with E-state index < -0.39 is 10.0 Å². The lowest BCUT2D eigenvalue weighted by molar-refractivity contribution is 0.593. The van der Waals surface area contributed by atoms with E-state index in [1.54, 1.807) is 0 Å². The number of hydrogen-bond acceptors (Lipinski definition) is 5. The van der Waals surface area contributed by atoms with Gasteiger partial charge in [-0.05, 0) is 19.9 Å². The zero-order chi connectivity index (χ0) is 13.3. The van der Waals surface area contributed by atoms with Crippen LogP contribution in [-0.2, 0) is 10.0 Å². The van der Waals surface area contributed by atoms with Gasteiger partial charge in [0.15, 0.2) is 5.82 Å². The highest BCUT2D eigenvalue weighted by Crippen LogP contribution is 2.22. The van der Waals surface area contributed by atoms with E-state index in [9.17, 15) is 8.42 Å². The molecule has 0 saturated carbocycles. The molecule has 2 N–H and O–H groups in total. The van der Waals surface area contributed by atoms with E-state index >= 15 is 0 Å². The zero-order valence-corrected chi connectivity index (χ0v) is 11.2. The molecule has 0 radical (unpaired) electrons. The van der Waals surface area contributed by atoms with Gasteiger partial charge in [0.2, 0.25) is 10.0 Å². The van der Waals surface area contributed by atoms with Crippen LogP contribution in [0.3, 0.4) is 0 Å². The first-order valence-electron chi connectivity index (χ1n) is 5.43. The second kappa shape index (κ2) is 4.54. The lowest BCUT2D eigenvalue weighted by Crippen LogP contribution is -2.28. The van der Waals surface area contributed by atoms with Gasteiger partial charge in [-0.25, -0.2) is 18.4 Å².